The van der Waals surface area contributed by atoms with Gasteiger partial charge in [-0.3, -0.25) is 5.41 Å². The van der Waals surface area contributed by atoms with E-state index in [1.165, 1.54) is 0 Å². The first kappa shape index (κ1) is 13.7. The lowest BCUT2D eigenvalue weighted by molar-refractivity contribution is 0.194. The maximum Gasteiger partial charge on any atom is 0.415 e. The molecule has 0 aliphatic rings. The van der Waals surface area contributed by atoms with Crippen molar-refractivity contribution < 1.29 is 9.53 Å². The van der Waals surface area contributed by atoms with Gasteiger partial charge in [-0.15, -0.1) is 0 Å². The highest BCUT2D eigenvalue weighted by atomic mass is 16.6. The topological polar surface area (TPSA) is 74.2 Å². The molecule has 0 radical (unpaired) electrons. The second kappa shape index (κ2) is 9.30. The molecule has 0 atom stereocenters. The summed E-state index contributed by atoms with van der Waals surface area (Å²) in [5.74, 6) is 0. The fourth-order valence-electron chi connectivity index (χ4n) is 0.911. The van der Waals surface area contributed by atoms with Gasteiger partial charge in [0.25, 0.3) is 6.02 Å². The van der Waals surface area contributed by atoms with Crippen molar-refractivity contribution in [3.05, 3.63) is 0 Å². The van der Waals surface area contributed by atoms with E-state index in [9.17, 15) is 4.79 Å². The van der Waals surface area contributed by atoms with E-state index in [0.717, 1.165) is 25.7 Å². The van der Waals surface area contributed by atoms with E-state index in [1.54, 1.807) is 0 Å². The summed E-state index contributed by atoms with van der Waals surface area (Å²) in [6, 6.07) is -0.183. The minimum absolute atomic E-state index is 0.183. The van der Waals surface area contributed by atoms with Crippen LogP contribution in [-0.2, 0) is 4.74 Å². The third-order valence-electron chi connectivity index (χ3n) is 1.81. The normalized spacial score (nSPS) is 9.47. The highest BCUT2D eigenvalue weighted by Gasteiger charge is 2.04. The van der Waals surface area contributed by atoms with Crippen LogP contribution in [0.25, 0.3) is 0 Å². The van der Waals surface area contributed by atoms with Gasteiger partial charge in [0.2, 0.25) is 0 Å². The zero-order valence-electron chi connectivity index (χ0n) is 9.56. The van der Waals surface area contributed by atoms with Crippen LogP contribution in [0.15, 0.2) is 0 Å². The molecule has 1 amide bonds. The molecular weight excluding hydrogens is 194 g/mol. The molecule has 0 aliphatic heterocycles. The minimum atomic E-state index is -0.558. The van der Waals surface area contributed by atoms with Crippen molar-refractivity contribution in [1.29, 1.82) is 5.41 Å². The Morgan fingerprint density at radius 1 is 1.13 bits per heavy atom. The Bertz CT molecular complexity index is 175. The molecule has 0 aliphatic carbocycles. The summed E-state index contributed by atoms with van der Waals surface area (Å²) in [5, 5.41) is 12.6. The summed E-state index contributed by atoms with van der Waals surface area (Å²) in [4.78, 5) is 11.0. The van der Waals surface area contributed by atoms with Crippen LogP contribution >= 0.6 is 0 Å². The van der Waals surface area contributed by atoms with E-state index in [0.29, 0.717) is 13.1 Å². The zero-order valence-corrected chi connectivity index (χ0v) is 9.56. The van der Waals surface area contributed by atoms with Gasteiger partial charge in [0.05, 0.1) is 0 Å². The van der Waals surface area contributed by atoms with Gasteiger partial charge in [0.15, 0.2) is 0 Å². The molecule has 0 aromatic carbocycles. The van der Waals surface area contributed by atoms with E-state index >= 15 is 0 Å². The lowest BCUT2D eigenvalue weighted by Gasteiger charge is -2.08. The molecule has 0 spiro atoms. The van der Waals surface area contributed by atoms with Gasteiger partial charge in [-0.2, -0.15) is 0 Å². The zero-order chi connectivity index (χ0) is 11.5. The van der Waals surface area contributed by atoms with Gasteiger partial charge >= 0.3 is 6.09 Å². The molecule has 0 aromatic heterocycles. The lowest BCUT2D eigenvalue weighted by Crippen LogP contribution is -2.34. The second-order valence-electron chi connectivity index (χ2n) is 3.28. The Hall–Kier alpha value is -1.26. The number of hydrogen-bond acceptors (Lipinski definition) is 3. The quantitative estimate of drug-likeness (QED) is 0.359. The van der Waals surface area contributed by atoms with E-state index in [-0.39, 0.29) is 6.02 Å². The predicted octanol–water partition coefficient (Wildman–Crippen LogP) is 1.84. The number of carbonyl (C=O) groups is 1. The molecule has 0 saturated heterocycles. The number of nitrogens with one attached hydrogen (secondary N) is 3. The van der Waals surface area contributed by atoms with Crippen LogP contribution in [0, 0.1) is 5.41 Å². The van der Waals surface area contributed by atoms with Gasteiger partial charge in [0, 0.05) is 13.1 Å². The van der Waals surface area contributed by atoms with Crippen LogP contribution < -0.4 is 10.6 Å². The SMILES string of the molecule is CCCCNC(=N)OC(=O)NCCCC. The van der Waals surface area contributed by atoms with Crippen molar-refractivity contribution in [3.63, 3.8) is 0 Å². The summed E-state index contributed by atoms with van der Waals surface area (Å²) in [5.41, 5.74) is 0. The van der Waals surface area contributed by atoms with Crippen molar-refractivity contribution in [2.45, 2.75) is 39.5 Å². The molecule has 0 bridgehead atoms. The number of amidine groups is 1. The van der Waals surface area contributed by atoms with Crippen molar-refractivity contribution in [1.82, 2.24) is 10.6 Å². The molecule has 0 rings (SSSR count). The first-order valence-corrected chi connectivity index (χ1v) is 5.48. The van der Waals surface area contributed by atoms with E-state index in [4.69, 9.17) is 5.41 Å². The summed E-state index contributed by atoms with van der Waals surface area (Å²) >= 11 is 0. The molecule has 0 saturated carbocycles. The van der Waals surface area contributed by atoms with E-state index in [2.05, 4.69) is 22.3 Å². The summed E-state index contributed by atoms with van der Waals surface area (Å²) in [6.07, 6.45) is 3.39. The third-order valence-corrected chi connectivity index (χ3v) is 1.81. The molecule has 0 unspecified atom stereocenters. The van der Waals surface area contributed by atoms with Crippen LogP contribution in [0.5, 0.6) is 0 Å². The molecule has 0 heterocycles. The number of alkyl carbamates (subject to hydrolysis) is 1. The van der Waals surface area contributed by atoms with Gasteiger partial charge in [-0.1, -0.05) is 26.7 Å². The Morgan fingerprint density at radius 2 is 1.67 bits per heavy atom. The average Bonchev–Trinajstić information content (AvgIpc) is 2.18. The van der Waals surface area contributed by atoms with Crippen LogP contribution in [0.4, 0.5) is 4.79 Å². The number of rotatable bonds is 6. The smallest absolute Gasteiger partial charge is 0.376 e. The van der Waals surface area contributed by atoms with Crippen LogP contribution in [-0.4, -0.2) is 25.2 Å². The fraction of sp³-hybridized carbons (Fsp3) is 0.800. The van der Waals surface area contributed by atoms with E-state index in [1.807, 2.05) is 6.92 Å². The second-order valence-corrected chi connectivity index (χ2v) is 3.28. The summed E-state index contributed by atoms with van der Waals surface area (Å²) in [7, 11) is 0. The van der Waals surface area contributed by atoms with Gasteiger partial charge in [-0.05, 0) is 12.8 Å². The number of ether oxygens (including phenoxy) is 1. The number of hydrogen-bond donors (Lipinski definition) is 3. The van der Waals surface area contributed by atoms with Gasteiger partial charge in [-0.25, -0.2) is 4.79 Å². The highest BCUT2D eigenvalue weighted by Crippen LogP contribution is 1.86. The molecular formula is C10H21N3O2. The predicted molar refractivity (Wildman–Crippen MR) is 60.0 cm³/mol. The molecule has 0 fully saturated rings. The molecule has 5 heteroatoms. The van der Waals surface area contributed by atoms with Crippen LogP contribution in [0.3, 0.4) is 0 Å². The highest BCUT2D eigenvalue weighted by molar-refractivity contribution is 5.84. The number of carbonyl (C=O) groups excluding carboxylic acids is 1. The maximum atomic E-state index is 11.0. The van der Waals surface area contributed by atoms with Crippen molar-refractivity contribution >= 4 is 12.1 Å². The van der Waals surface area contributed by atoms with Gasteiger partial charge < -0.3 is 15.4 Å². The van der Waals surface area contributed by atoms with Crippen molar-refractivity contribution in [3.8, 4) is 0 Å². The molecule has 0 aromatic rings. The molecule has 3 N–H and O–H groups in total. The molecule has 5 nitrogen and oxygen atoms in total. The van der Waals surface area contributed by atoms with Crippen LogP contribution in [0.1, 0.15) is 39.5 Å². The average molecular weight is 215 g/mol. The summed E-state index contributed by atoms with van der Waals surface area (Å²) in [6.45, 7) is 5.36. The monoisotopic (exact) mass is 215 g/mol. The van der Waals surface area contributed by atoms with E-state index < -0.39 is 6.09 Å². The number of unbranched alkanes of at least 4 members (excludes halogenated alkanes) is 2. The first-order valence-electron chi connectivity index (χ1n) is 5.48. The Labute approximate surface area is 91.1 Å². The Morgan fingerprint density at radius 3 is 2.20 bits per heavy atom. The molecule has 88 valence electrons. The van der Waals surface area contributed by atoms with Gasteiger partial charge in [0.1, 0.15) is 0 Å². The minimum Gasteiger partial charge on any atom is -0.376 e. The first-order chi connectivity index (χ1) is 7.20. The largest absolute Gasteiger partial charge is 0.415 e. The number of amides is 1. The van der Waals surface area contributed by atoms with Crippen molar-refractivity contribution in [2.24, 2.45) is 0 Å². The third kappa shape index (κ3) is 9.05. The van der Waals surface area contributed by atoms with Crippen molar-refractivity contribution in [2.75, 3.05) is 13.1 Å². The van der Waals surface area contributed by atoms with Crippen LogP contribution in [0.2, 0.25) is 0 Å². The lowest BCUT2D eigenvalue weighted by atomic mass is 10.3. The molecule has 15 heavy (non-hydrogen) atoms. The standard InChI is InChI=1S/C10H21N3O2/c1-3-5-7-12-9(11)15-10(14)13-8-6-4-2/h3-8H2,1-2H3,(H2,11,12)(H,13,14). The maximum absolute atomic E-state index is 11.0. The fourth-order valence-corrected chi connectivity index (χ4v) is 0.911. The summed E-state index contributed by atoms with van der Waals surface area (Å²) < 4.78 is 4.67. The Kier molecular flexibility index (Phi) is 8.52. The Balaban J connectivity index is 3.45.